The molecule has 0 spiro atoms. The Kier molecular flexibility index (Phi) is 5.19. The van der Waals surface area contributed by atoms with Gasteiger partial charge in [-0.3, -0.25) is 0 Å². The molecule has 0 bridgehead atoms. The highest BCUT2D eigenvalue weighted by atomic mass is 16.5. The van der Waals surface area contributed by atoms with Crippen molar-refractivity contribution in [1.29, 1.82) is 0 Å². The van der Waals surface area contributed by atoms with Crippen LogP contribution in [0.1, 0.15) is 29.7 Å². The lowest BCUT2D eigenvalue weighted by molar-refractivity contribution is 0.332. The maximum Gasteiger partial charge on any atom is 0.124 e. The summed E-state index contributed by atoms with van der Waals surface area (Å²) in [5.41, 5.74) is 3.85. The maximum absolute atomic E-state index is 5.74. The minimum absolute atomic E-state index is 0.264. The molecule has 2 aromatic rings. The predicted octanol–water partition coefficient (Wildman–Crippen LogP) is 3.90. The number of hydrogen-bond donors (Lipinski definition) is 1. The quantitative estimate of drug-likeness (QED) is 0.859. The summed E-state index contributed by atoms with van der Waals surface area (Å²) < 4.78 is 5.74. The molecule has 0 aliphatic heterocycles. The van der Waals surface area contributed by atoms with Crippen LogP contribution in [0, 0.1) is 6.92 Å². The van der Waals surface area contributed by atoms with Crippen LogP contribution >= 0.6 is 0 Å². The number of hydrogen-bond acceptors (Lipinski definition) is 2. The van der Waals surface area contributed by atoms with Crippen LogP contribution in [-0.4, -0.2) is 13.7 Å². The van der Waals surface area contributed by atoms with E-state index in [2.05, 4.69) is 48.6 Å². The standard InChI is InChI=1S/C18H23NO/c1-4-20-18-8-6-5-7-16(18)17(19-3)13-15-11-9-14(2)10-12-15/h5-12,17,19H,4,13H2,1-3H3. The first-order chi connectivity index (χ1) is 9.74. The van der Waals surface area contributed by atoms with Crippen molar-refractivity contribution in [2.45, 2.75) is 26.3 Å². The second-order valence-electron chi connectivity index (χ2n) is 5.00. The Morgan fingerprint density at radius 3 is 2.40 bits per heavy atom. The summed E-state index contributed by atoms with van der Waals surface area (Å²) in [6, 6.07) is 17.3. The first-order valence-electron chi connectivity index (χ1n) is 7.19. The predicted molar refractivity (Wildman–Crippen MR) is 84.3 cm³/mol. The highest BCUT2D eigenvalue weighted by molar-refractivity contribution is 5.37. The van der Waals surface area contributed by atoms with E-state index < -0.39 is 0 Å². The van der Waals surface area contributed by atoms with Crippen molar-refractivity contribution in [3.05, 3.63) is 65.2 Å². The molecule has 0 radical (unpaired) electrons. The molecule has 1 atom stereocenters. The van der Waals surface area contributed by atoms with Gasteiger partial charge in [0.05, 0.1) is 6.61 Å². The Bertz CT molecular complexity index is 533. The van der Waals surface area contributed by atoms with Crippen LogP contribution in [0.5, 0.6) is 5.75 Å². The molecule has 2 heteroatoms. The minimum Gasteiger partial charge on any atom is -0.494 e. The second kappa shape index (κ2) is 7.11. The molecule has 0 heterocycles. The van der Waals surface area contributed by atoms with E-state index in [9.17, 15) is 0 Å². The van der Waals surface area contributed by atoms with E-state index in [1.807, 2.05) is 26.1 Å². The molecule has 20 heavy (non-hydrogen) atoms. The topological polar surface area (TPSA) is 21.3 Å². The van der Waals surface area contributed by atoms with E-state index in [-0.39, 0.29) is 6.04 Å². The third-order valence-corrected chi connectivity index (χ3v) is 3.50. The van der Waals surface area contributed by atoms with Crippen LogP contribution in [0.4, 0.5) is 0 Å². The molecule has 0 aliphatic rings. The number of benzene rings is 2. The summed E-state index contributed by atoms with van der Waals surface area (Å²) in [7, 11) is 2.00. The van der Waals surface area contributed by atoms with Gasteiger partial charge in [0.15, 0.2) is 0 Å². The van der Waals surface area contributed by atoms with Gasteiger partial charge in [-0.1, -0.05) is 48.0 Å². The molecule has 2 rings (SSSR count). The Morgan fingerprint density at radius 1 is 1.05 bits per heavy atom. The lowest BCUT2D eigenvalue weighted by Crippen LogP contribution is -2.19. The van der Waals surface area contributed by atoms with Crippen molar-refractivity contribution in [2.24, 2.45) is 0 Å². The molecule has 0 amide bonds. The van der Waals surface area contributed by atoms with E-state index in [4.69, 9.17) is 4.74 Å². The molecule has 0 saturated carbocycles. The maximum atomic E-state index is 5.74. The summed E-state index contributed by atoms with van der Waals surface area (Å²) in [5, 5.41) is 3.40. The van der Waals surface area contributed by atoms with Gasteiger partial charge in [-0.15, -0.1) is 0 Å². The average Bonchev–Trinajstić information content (AvgIpc) is 2.48. The monoisotopic (exact) mass is 269 g/mol. The summed E-state index contributed by atoms with van der Waals surface area (Å²) in [6.45, 7) is 4.83. The first-order valence-corrected chi connectivity index (χ1v) is 7.19. The molecule has 0 saturated heterocycles. The van der Waals surface area contributed by atoms with E-state index in [1.165, 1.54) is 16.7 Å². The highest BCUT2D eigenvalue weighted by Crippen LogP contribution is 2.27. The van der Waals surface area contributed by atoms with Gasteiger partial charge in [0.2, 0.25) is 0 Å². The molecule has 106 valence electrons. The van der Waals surface area contributed by atoms with Crippen molar-refractivity contribution in [1.82, 2.24) is 5.32 Å². The third kappa shape index (κ3) is 3.61. The zero-order chi connectivity index (χ0) is 14.4. The fraction of sp³-hybridized carbons (Fsp3) is 0.333. The molecule has 0 aliphatic carbocycles. The van der Waals surface area contributed by atoms with Crippen LogP contribution in [0.2, 0.25) is 0 Å². The molecule has 2 nitrogen and oxygen atoms in total. The van der Waals surface area contributed by atoms with Crippen molar-refractivity contribution < 1.29 is 4.74 Å². The van der Waals surface area contributed by atoms with Crippen molar-refractivity contribution in [2.75, 3.05) is 13.7 Å². The summed E-state index contributed by atoms with van der Waals surface area (Å²) in [6.07, 6.45) is 0.959. The van der Waals surface area contributed by atoms with Gasteiger partial charge in [0.25, 0.3) is 0 Å². The van der Waals surface area contributed by atoms with Crippen molar-refractivity contribution in [3.8, 4) is 5.75 Å². The molecule has 1 unspecified atom stereocenters. The third-order valence-electron chi connectivity index (χ3n) is 3.50. The number of likely N-dealkylation sites (N-methyl/N-ethyl adjacent to an activating group) is 1. The SMILES string of the molecule is CCOc1ccccc1C(Cc1ccc(C)cc1)NC. The van der Waals surface area contributed by atoms with Gasteiger partial charge in [-0.05, 0) is 38.9 Å². The summed E-state index contributed by atoms with van der Waals surface area (Å²) >= 11 is 0. The van der Waals surface area contributed by atoms with Gasteiger partial charge < -0.3 is 10.1 Å². The van der Waals surface area contributed by atoms with Crippen LogP contribution in [0.3, 0.4) is 0 Å². The van der Waals surface area contributed by atoms with E-state index >= 15 is 0 Å². The fourth-order valence-electron chi connectivity index (χ4n) is 2.38. The Labute approximate surface area is 121 Å². The molecule has 1 N–H and O–H groups in total. The number of nitrogens with one attached hydrogen (secondary N) is 1. The summed E-state index contributed by atoms with van der Waals surface area (Å²) in [5.74, 6) is 0.974. The Hall–Kier alpha value is -1.80. The smallest absolute Gasteiger partial charge is 0.124 e. The largest absolute Gasteiger partial charge is 0.494 e. The molecule has 0 aromatic heterocycles. The van der Waals surface area contributed by atoms with Gasteiger partial charge in [-0.25, -0.2) is 0 Å². The van der Waals surface area contributed by atoms with Gasteiger partial charge >= 0.3 is 0 Å². The second-order valence-corrected chi connectivity index (χ2v) is 5.00. The fourth-order valence-corrected chi connectivity index (χ4v) is 2.38. The van der Waals surface area contributed by atoms with E-state index in [0.29, 0.717) is 6.61 Å². The normalized spacial score (nSPS) is 12.2. The molecular weight excluding hydrogens is 246 g/mol. The van der Waals surface area contributed by atoms with Crippen molar-refractivity contribution in [3.63, 3.8) is 0 Å². The van der Waals surface area contributed by atoms with Crippen LogP contribution < -0.4 is 10.1 Å². The van der Waals surface area contributed by atoms with Gasteiger partial charge in [0, 0.05) is 11.6 Å². The van der Waals surface area contributed by atoms with E-state index in [1.54, 1.807) is 0 Å². The van der Waals surface area contributed by atoms with Crippen LogP contribution in [0.15, 0.2) is 48.5 Å². The number of para-hydroxylation sites is 1. The Balaban J connectivity index is 2.21. The molecule has 0 fully saturated rings. The number of rotatable bonds is 6. The minimum atomic E-state index is 0.264. The number of aryl methyl sites for hydroxylation is 1. The Morgan fingerprint density at radius 2 is 1.75 bits per heavy atom. The van der Waals surface area contributed by atoms with Gasteiger partial charge in [-0.2, -0.15) is 0 Å². The average molecular weight is 269 g/mol. The molecular formula is C18H23NO. The number of ether oxygens (including phenoxy) is 1. The van der Waals surface area contributed by atoms with Gasteiger partial charge in [0.1, 0.15) is 5.75 Å². The lowest BCUT2D eigenvalue weighted by Gasteiger charge is -2.20. The van der Waals surface area contributed by atoms with E-state index in [0.717, 1.165) is 12.2 Å². The zero-order valence-electron chi connectivity index (χ0n) is 12.5. The van der Waals surface area contributed by atoms with Crippen LogP contribution in [0.25, 0.3) is 0 Å². The van der Waals surface area contributed by atoms with Crippen molar-refractivity contribution >= 4 is 0 Å². The highest BCUT2D eigenvalue weighted by Gasteiger charge is 2.14. The molecule has 2 aromatic carbocycles. The first kappa shape index (κ1) is 14.6. The zero-order valence-corrected chi connectivity index (χ0v) is 12.5. The lowest BCUT2D eigenvalue weighted by atomic mass is 9.97. The summed E-state index contributed by atoms with van der Waals surface area (Å²) in [4.78, 5) is 0. The van der Waals surface area contributed by atoms with Crippen LogP contribution in [-0.2, 0) is 6.42 Å².